The number of thioether (sulfide) groups is 1. The summed E-state index contributed by atoms with van der Waals surface area (Å²) >= 11 is 3.13. The Morgan fingerprint density at radius 2 is 1.90 bits per heavy atom. The molecule has 0 aliphatic carbocycles. The minimum atomic E-state index is -4.99. The Balaban J connectivity index is 1.40. The van der Waals surface area contributed by atoms with Gasteiger partial charge in [0, 0.05) is 18.5 Å². The van der Waals surface area contributed by atoms with Gasteiger partial charge in [-0.05, 0) is 75.8 Å². The van der Waals surface area contributed by atoms with E-state index in [1.54, 1.807) is 24.3 Å². The van der Waals surface area contributed by atoms with Gasteiger partial charge in [-0.25, -0.2) is 0 Å². The third-order valence-corrected chi connectivity index (χ3v) is 8.15. The first-order chi connectivity index (χ1) is 18.8. The summed E-state index contributed by atoms with van der Waals surface area (Å²) in [6, 6.07) is 6.59. The Morgan fingerprint density at radius 1 is 1.12 bits per heavy atom. The normalized spacial score (nSPS) is 19.6. The summed E-state index contributed by atoms with van der Waals surface area (Å²) in [7, 11) is 0. The number of carbonyl (C=O) groups excluding carboxylic acids is 1. The summed E-state index contributed by atoms with van der Waals surface area (Å²) in [6.45, 7) is 0.789. The van der Waals surface area contributed by atoms with E-state index in [0.29, 0.717) is 56.0 Å². The molecule has 1 fully saturated rings. The van der Waals surface area contributed by atoms with E-state index < -0.39 is 35.9 Å². The summed E-state index contributed by atoms with van der Waals surface area (Å²) in [5.74, 6) is -0.417. The van der Waals surface area contributed by atoms with E-state index in [4.69, 9.17) is 4.74 Å². The second-order valence-electron chi connectivity index (χ2n) is 9.02. The Hall–Kier alpha value is -2.63. The van der Waals surface area contributed by atoms with Crippen molar-refractivity contribution < 1.29 is 41.0 Å². The SMILES string of the molecule is O=C1N=C(N2CCO[C@H](CO)C2)SC1=Cc1ccc2c(c1)c(I)nn2Cc1ccc(C(F)(F)F)cc1C(F)(F)F. The number of ether oxygens (including phenoxy) is 1. The van der Waals surface area contributed by atoms with Gasteiger partial charge in [0.15, 0.2) is 5.17 Å². The molecule has 5 rings (SSSR count). The van der Waals surface area contributed by atoms with Crippen LogP contribution in [-0.4, -0.2) is 63.3 Å². The summed E-state index contributed by atoms with van der Waals surface area (Å²) in [5, 5.41) is 14.8. The van der Waals surface area contributed by atoms with Crippen molar-refractivity contribution in [3.8, 4) is 0 Å². The van der Waals surface area contributed by atoms with Gasteiger partial charge in [0.25, 0.3) is 5.91 Å². The predicted molar refractivity (Wildman–Crippen MR) is 144 cm³/mol. The van der Waals surface area contributed by atoms with Crippen LogP contribution in [0.4, 0.5) is 26.3 Å². The predicted octanol–water partition coefficient (Wildman–Crippen LogP) is 5.39. The molecule has 0 radical (unpaired) electrons. The number of halogens is 7. The van der Waals surface area contributed by atoms with Gasteiger partial charge >= 0.3 is 12.4 Å². The number of carbonyl (C=O) groups is 1. The van der Waals surface area contributed by atoms with E-state index in [-0.39, 0.29) is 24.3 Å². The van der Waals surface area contributed by atoms with Crippen LogP contribution in [0.2, 0.25) is 0 Å². The number of amides is 1. The highest BCUT2D eigenvalue weighted by atomic mass is 127. The second kappa shape index (κ2) is 11.0. The lowest BCUT2D eigenvalue weighted by Crippen LogP contribution is -2.45. The highest BCUT2D eigenvalue weighted by molar-refractivity contribution is 14.1. The van der Waals surface area contributed by atoms with Gasteiger partial charge in [-0.15, -0.1) is 0 Å². The van der Waals surface area contributed by atoms with Gasteiger partial charge in [-0.2, -0.15) is 36.4 Å². The number of nitrogens with zero attached hydrogens (tertiary/aromatic N) is 4. The standard InChI is InChI=1S/C25H19F6IN4O3S/c26-24(27,28)15-3-2-14(18(9-15)25(29,30)31)10-36-19-4-1-13(7-17(19)21(32)34-36)8-20-22(38)33-23(40-20)35-5-6-39-16(11-35)12-37/h1-4,7-9,16,37H,5-6,10-12H2/t16-/m0/s1. The molecule has 15 heteroatoms. The van der Waals surface area contributed by atoms with E-state index >= 15 is 0 Å². The van der Waals surface area contributed by atoms with Gasteiger partial charge in [-0.1, -0.05) is 12.1 Å². The lowest BCUT2D eigenvalue weighted by atomic mass is 10.0. The van der Waals surface area contributed by atoms with Gasteiger partial charge in [0.2, 0.25) is 0 Å². The highest BCUT2D eigenvalue weighted by Gasteiger charge is 2.38. The van der Waals surface area contributed by atoms with Crippen molar-refractivity contribution in [2.75, 3.05) is 26.3 Å². The van der Waals surface area contributed by atoms with Crippen molar-refractivity contribution in [1.82, 2.24) is 14.7 Å². The molecule has 1 saturated heterocycles. The van der Waals surface area contributed by atoms with Crippen LogP contribution < -0.4 is 0 Å². The summed E-state index contributed by atoms with van der Waals surface area (Å²) in [6.07, 6.45) is -8.61. The molecule has 1 N–H and O–H groups in total. The van der Waals surface area contributed by atoms with Crippen LogP contribution in [0.1, 0.15) is 22.3 Å². The van der Waals surface area contributed by atoms with Crippen LogP contribution in [-0.2, 0) is 28.4 Å². The van der Waals surface area contributed by atoms with Gasteiger partial charge in [0.1, 0.15) is 3.70 Å². The van der Waals surface area contributed by atoms with E-state index in [0.717, 1.165) is 6.07 Å². The van der Waals surface area contributed by atoms with Crippen LogP contribution in [0.3, 0.4) is 0 Å². The number of hydrogen-bond donors (Lipinski definition) is 1. The van der Waals surface area contributed by atoms with Crippen LogP contribution >= 0.6 is 34.4 Å². The number of aliphatic hydroxyl groups excluding tert-OH is 1. The lowest BCUT2D eigenvalue weighted by Gasteiger charge is -2.32. The fraction of sp³-hybridized carbons (Fsp3) is 0.320. The van der Waals surface area contributed by atoms with Crippen molar-refractivity contribution in [2.45, 2.75) is 25.0 Å². The molecule has 40 heavy (non-hydrogen) atoms. The molecule has 3 aromatic rings. The van der Waals surface area contributed by atoms with Crippen molar-refractivity contribution >= 4 is 62.4 Å². The number of morpholine rings is 1. The highest BCUT2D eigenvalue weighted by Crippen LogP contribution is 2.38. The molecule has 1 atom stereocenters. The maximum Gasteiger partial charge on any atom is 0.416 e. The molecule has 2 aliphatic heterocycles. The maximum atomic E-state index is 13.6. The zero-order valence-electron chi connectivity index (χ0n) is 20.3. The number of aliphatic imine (C=N–C) groups is 1. The Bertz CT molecular complexity index is 1540. The Morgan fingerprint density at radius 3 is 2.60 bits per heavy atom. The molecule has 1 amide bonds. The average molecular weight is 696 g/mol. The zero-order valence-corrected chi connectivity index (χ0v) is 23.2. The molecule has 2 aliphatic rings. The van der Waals surface area contributed by atoms with Crippen LogP contribution in [0, 0.1) is 3.70 Å². The van der Waals surface area contributed by atoms with Crippen LogP contribution in [0.5, 0.6) is 0 Å². The molecule has 0 unspecified atom stereocenters. The van der Waals surface area contributed by atoms with Crippen molar-refractivity contribution in [1.29, 1.82) is 0 Å². The number of benzene rings is 2. The topological polar surface area (TPSA) is 80.0 Å². The molecule has 0 bridgehead atoms. The first kappa shape index (κ1) is 28.9. The van der Waals surface area contributed by atoms with Crippen molar-refractivity contribution in [3.63, 3.8) is 0 Å². The van der Waals surface area contributed by atoms with Gasteiger partial charge in [0.05, 0.1) is 47.4 Å². The monoisotopic (exact) mass is 696 g/mol. The fourth-order valence-corrected chi connectivity index (χ4v) is 6.01. The largest absolute Gasteiger partial charge is 0.416 e. The number of fused-ring (bicyclic) bond motifs is 1. The number of alkyl halides is 6. The smallest absolute Gasteiger partial charge is 0.394 e. The number of aliphatic hydroxyl groups is 1. The van der Waals surface area contributed by atoms with Crippen LogP contribution in [0.15, 0.2) is 46.3 Å². The van der Waals surface area contributed by atoms with E-state index in [1.165, 1.54) is 16.4 Å². The summed E-state index contributed by atoms with van der Waals surface area (Å²) in [5.41, 5.74) is -1.99. The molecule has 1 aromatic heterocycles. The van der Waals surface area contributed by atoms with Gasteiger partial charge in [-0.3, -0.25) is 9.48 Å². The molecule has 0 saturated carbocycles. The number of hydrogen-bond acceptors (Lipinski definition) is 6. The molecular formula is C25H19F6IN4O3S. The minimum Gasteiger partial charge on any atom is -0.394 e. The molecule has 0 spiro atoms. The van der Waals surface area contributed by atoms with Crippen molar-refractivity contribution in [3.05, 3.63) is 67.3 Å². The summed E-state index contributed by atoms with van der Waals surface area (Å²) < 4.78 is 87.2. The average Bonchev–Trinajstić information content (AvgIpc) is 3.41. The zero-order chi connectivity index (χ0) is 28.8. The third kappa shape index (κ3) is 6.01. The lowest BCUT2D eigenvalue weighted by molar-refractivity contribution is -0.143. The third-order valence-electron chi connectivity index (χ3n) is 6.31. The first-order valence-electron chi connectivity index (χ1n) is 11.8. The van der Waals surface area contributed by atoms with Gasteiger partial charge < -0.3 is 14.7 Å². The second-order valence-corrected chi connectivity index (χ2v) is 11.1. The molecule has 212 valence electrons. The molecule has 2 aromatic carbocycles. The van der Waals surface area contributed by atoms with Crippen LogP contribution in [0.25, 0.3) is 17.0 Å². The maximum absolute atomic E-state index is 13.6. The van der Waals surface area contributed by atoms with E-state index in [9.17, 15) is 36.2 Å². The number of rotatable bonds is 4. The molecule has 7 nitrogen and oxygen atoms in total. The first-order valence-corrected chi connectivity index (χ1v) is 13.7. The number of amidine groups is 1. The Labute approximate surface area is 241 Å². The molecular weight excluding hydrogens is 677 g/mol. The Kier molecular flexibility index (Phi) is 7.93. The minimum absolute atomic E-state index is 0.115. The number of aromatic nitrogens is 2. The van der Waals surface area contributed by atoms with E-state index in [2.05, 4.69) is 10.1 Å². The quantitative estimate of drug-likeness (QED) is 0.224. The van der Waals surface area contributed by atoms with E-state index in [1.807, 2.05) is 27.5 Å². The molecule has 3 heterocycles. The summed E-state index contributed by atoms with van der Waals surface area (Å²) in [4.78, 5) is 18.9. The van der Waals surface area contributed by atoms with Crippen molar-refractivity contribution in [2.24, 2.45) is 4.99 Å². The fourth-order valence-electron chi connectivity index (χ4n) is 4.37.